The van der Waals surface area contributed by atoms with E-state index in [1.807, 2.05) is 6.92 Å². The number of ether oxygens (including phenoxy) is 1. The lowest BCUT2D eigenvalue weighted by atomic mass is 9.84. The van der Waals surface area contributed by atoms with Gasteiger partial charge in [-0.25, -0.2) is 0 Å². The first kappa shape index (κ1) is 15.4. The maximum absolute atomic E-state index is 12.1. The van der Waals surface area contributed by atoms with Gasteiger partial charge in [0.2, 0.25) is 0 Å². The molecule has 6 heteroatoms. The van der Waals surface area contributed by atoms with Gasteiger partial charge in [0.25, 0.3) is 5.91 Å². The molecule has 0 saturated heterocycles. The number of carbonyl (C=O) groups excluding carboxylic acids is 1. The first-order valence-electron chi connectivity index (χ1n) is 7.38. The summed E-state index contributed by atoms with van der Waals surface area (Å²) in [4.78, 5) is 12.8. The van der Waals surface area contributed by atoms with E-state index < -0.39 is 0 Å². The van der Waals surface area contributed by atoms with Gasteiger partial charge in [0.1, 0.15) is 4.88 Å². The van der Waals surface area contributed by atoms with Crippen LogP contribution in [-0.4, -0.2) is 34.2 Å². The van der Waals surface area contributed by atoms with Crippen molar-refractivity contribution in [2.45, 2.75) is 58.0 Å². The number of nitrogens with one attached hydrogen (secondary N) is 1. The van der Waals surface area contributed by atoms with E-state index in [2.05, 4.69) is 21.8 Å². The molecule has 0 atom stereocenters. The van der Waals surface area contributed by atoms with Crippen molar-refractivity contribution in [3.05, 3.63) is 10.6 Å². The third-order valence-corrected chi connectivity index (χ3v) is 4.63. The SMILES string of the molecule is CCCOC1(CNC(=O)c2snnc2C)CCCCC1. The molecule has 0 radical (unpaired) electrons. The van der Waals surface area contributed by atoms with Crippen molar-refractivity contribution in [3.63, 3.8) is 0 Å². The molecule has 112 valence electrons. The van der Waals surface area contributed by atoms with Gasteiger partial charge in [0.15, 0.2) is 0 Å². The first-order valence-corrected chi connectivity index (χ1v) is 8.15. The zero-order valence-corrected chi connectivity index (χ0v) is 13.1. The molecule has 1 aromatic heterocycles. The number of rotatable bonds is 6. The molecule has 0 unspecified atom stereocenters. The molecule has 1 heterocycles. The summed E-state index contributed by atoms with van der Waals surface area (Å²) in [7, 11) is 0. The smallest absolute Gasteiger partial charge is 0.265 e. The summed E-state index contributed by atoms with van der Waals surface area (Å²) in [6, 6.07) is 0. The maximum atomic E-state index is 12.1. The molecule has 0 bridgehead atoms. The van der Waals surface area contributed by atoms with E-state index in [-0.39, 0.29) is 11.5 Å². The molecule has 1 aromatic rings. The van der Waals surface area contributed by atoms with E-state index in [0.29, 0.717) is 17.1 Å². The first-order chi connectivity index (χ1) is 9.67. The highest BCUT2D eigenvalue weighted by atomic mass is 32.1. The second-order valence-corrected chi connectivity index (χ2v) is 6.22. The standard InChI is InChI=1S/C14H23N3O2S/c1-3-9-19-14(7-5-4-6-8-14)10-15-13(18)12-11(2)16-17-20-12/h3-10H2,1-2H3,(H,15,18). The molecule has 2 rings (SSSR count). The summed E-state index contributed by atoms with van der Waals surface area (Å²) in [5.41, 5.74) is 0.523. The summed E-state index contributed by atoms with van der Waals surface area (Å²) >= 11 is 1.15. The van der Waals surface area contributed by atoms with E-state index in [4.69, 9.17) is 4.74 Å². The zero-order valence-electron chi connectivity index (χ0n) is 12.3. The van der Waals surface area contributed by atoms with Crippen LogP contribution in [0.5, 0.6) is 0 Å². The lowest BCUT2D eigenvalue weighted by Gasteiger charge is -2.37. The van der Waals surface area contributed by atoms with Crippen molar-refractivity contribution in [3.8, 4) is 0 Å². The molecule has 20 heavy (non-hydrogen) atoms. The minimum absolute atomic E-state index is 0.0810. The summed E-state index contributed by atoms with van der Waals surface area (Å²) in [5.74, 6) is -0.0810. The molecule has 1 amide bonds. The Kier molecular flexibility index (Phi) is 5.48. The maximum Gasteiger partial charge on any atom is 0.265 e. The molecular formula is C14H23N3O2S. The van der Waals surface area contributed by atoms with Crippen LogP contribution in [0.2, 0.25) is 0 Å². The second kappa shape index (κ2) is 7.13. The molecule has 1 N–H and O–H groups in total. The van der Waals surface area contributed by atoms with Gasteiger partial charge < -0.3 is 10.1 Å². The topological polar surface area (TPSA) is 64.1 Å². The minimum atomic E-state index is -0.171. The lowest BCUT2D eigenvalue weighted by Crippen LogP contribution is -2.46. The largest absolute Gasteiger partial charge is 0.373 e. The summed E-state index contributed by atoms with van der Waals surface area (Å²) < 4.78 is 9.88. The van der Waals surface area contributed by atoms with Crippen molar-refractivity contribution < 1.29 is 9.53 Å². The highest BCUT2D eigenvalue weighted by molar-refractivity contribution is 7.07. The molecule has 1 saturated carbocycles. The zero-order chi connectivity index (χ0) is 14.4. The van der Waals surface area contributed by atoms with Crippen LogP contribution in [0.4, 0.5) is 0 Å². The Labute approximate surface area is 124 Å². The molecule has 5 nitrogen and oxygen atoms in total. The van der Waals surface area contributed by atoms with E-state index in [1.165, 1.54) is 19.3 Å². The Morgan fingerprint density at radius 2 is 2.15 bits per heavy atom. The van der Waals surface area contributed by atoms with Crippen LogP contribution in [0.25, 0.3) is 0 Å². The summed E-state index contributed by atoms with van der Waals surface area (Å²) in [5, 5.41) is 6.89. The average Bonchev–Trinajstić information content (AvgIpc) is 2.90. The number of amides is 1. The van der Waals surface area contributed by atoms with Crippen molar-refractivity contribution in [1.82, 2.24) is 14.9 Å². The van der Waals surface area contributed by atoms with Crippen LogP contribution in [0.1, 0.15) is 60.8 Å². The predicted octanol–water partition coefficient (Wildman–Crippen LogP) is 2.71. The van der Waals surface area contributed by atoms with Gasteiger partial charge >= 0.3 is 0 Å². The van der Waals surface area contributed by atoms with E-state index in [1.54, 1.807) is 0 Å². The number of hydrogen-bond acceptors (Lipinski definition) is 5. The second-order valence-electron chi connectivity index (χ2n) is 5.46. The van der Waals surface area contributed by atoms with Crippen LogP contribution in [0.15, 0.2) is 0 Å². The van der Waals surface area contributed by atoms with Crippen LogP contribution >= 0.6 is 11.5 Å². The number of aromatic nitrogens is 2. The van der Waals surface area contributed by atoms with Crippen molar-refractivity contribution in [2.75, 3.05) is 13.2 Å². The van der Waals surface area contributed by atoms with Crippen molar-refractivity contribution in [2.24, 2.45) is 0 Å². The fourth-order valence-corrected chi connectivity index (χ4v) is 3.22. The van der Waals surface area contributed by atoms with Gasteiger partial charge in [-0.05, 0) is 37.7 Å². The Morgan fingerprint density at radius 1 is 1.40 bits per heavy atom. The predicted molar refractivity (Wildman–Crippen MR) is 79.0 cm³/mol. The van der Waals surface area contributed by atoms with Crippen LogP contribution in [0, 0.1) is 6.92 Å². The summed E-state index contributed by atoms with van der Waals surface area (Å²) in [6.45, 7) is 5.27. The van der Waals surface area contributed by atoms with Crippen LogP contribution < -0.4 is 5.32 Å². The molecule has 0 aromatic carbocycles. The highest BCUT2D eigenvalue weighted by Gasteiger charge is 2.33. The third kappa shape index (κ3) is 3.76. The number of aryl methyl sites for hydroxylation is 1. The Morgan fingerprint density at radius 3 is 2.75 bits per heavy atom. The van der Waals surface area contributed by atoms with Gasteiger partial charge in [0.05, 0.1) is 11.3 Å². The monoisotopic (exact) mass is 297 g/mol. The Balaban J connectivity index is 1.94. The minimum Gasteiger partial charge on any atom is -0.373 e. The lowest BCUT2D eigenvalue weighted by molar-refractivity contribution is -0.0668. The van der Waals surface area contributed by atoms with Gasteiger partial charge in [-0.15, -0.1) is 5.10 Å². The molecule has 0 aliphatic heterocycles. The van der Waals surface area contributed by atoms with Crippen LogP contribution in [-0.2, 0) is 4.74 Å². The van der Waals surface area contributed by atoms with Crippen molar-refractivity contribution in [1.29, 1.82) is 0 Å². The Hall–Kier alpha value is -1.01. The average molecular weight is 297 g/mol. The van der Waals surface area contributed by atoms with Crippen LogP contribution in [0.3, 0.4) is 0 Å². The molecule has 1 fully saturated rings. The van der Waals surface area contributed by atoms with Gasteiger partial charge in [-0.2, -0.15) is 0 Å². The molecular weight excluding hydrogens is 274 g/mol. The fourth-order valence-electron chi connectivity index (χ4n) is 2.65. The Bertz CT molecular complexity index is 441. The van der Waals surface area contributed by atoms with E-state index in [0.717, 1.165) is 37.4 Å². The summed E-state index contributed by atoms with van der Waals surface area (Å²) in [6.07, 6.45) is 6.71. The van der Waals surface area contributed by atoms with Crippen molar-refractivity contribution >= 4 is 17.4 Å². The number of hydrogen-bond donors (Lipinski definition) is 1. The van der Waals surface area contributed by atoms with Gasteiger partial charge in [-0.1, -0.05) is 30.7 Å². The fraction of sp³-hybridized carbons (Fsp3) is 0.786. The molecule has 1 aliphatic carbocycles. The quantitative estimate of drug-likeness (QED) is 0.877. The number of nitrogens with zero attached hydrogens (tertiary/aromatic N) is 2. The third-order valence-electron chi connectivity index (χ3n) is 3.81. The molecule has 1 aliphatic rings. The normalized spacial score (nSPS) is 17.9. The van der Waals surface area contributed by atoms with E-state index >= 15 is 0 Å². The molecule has 0 spiro atoms. The number of carbonyl (C=O) groups is 1. The van der Waals surface area contributed by atoms with E-state index in [9.17, 15) is 4.79 Å². The van der Waals surface area contributed by atoms with Gasteiger partial charge in [-0.3, -0.25) is 4.79 Å². The van der Waals surface area contributed by atoms with Gasteiger partial charge in [0, 0.05) is 13.2 Å². The highest BCUT2D eigenvalue weighted by Crippen LogP contribution is 2.31.